The van der Waals surface area contributed by atoms with Crippen LogP contribution in [0.5, 0.6) is 0 Å². The van der Waals surface area contributed by atoms with E-state index in [2.05, 4.69) is 9.97 Å². The van der Waals surface area contributed by atoms with Crippen LogP contribution in [0.15, 0.2) is 29.2 Å². The number of benzene rings is 1. The fraction of sp³-hybridized carbons (Fsp3) is 0.368. The number of hydrogen-bond acceptors (Lipinski definition) is 9. The van der Waals surface area contributed by atoms with Gasteiger partial charge in [0.2, 0.25) is 5.95 Å². The zero-order chi connectivity index (χ0) is 23.0. The summed E-state index contributed by atoms with van der Waals surface area (Å²) >= 11 is 2.00. The molecule has 3 heterocycles. The lowest BCUT2D eigenvalue weighted by Crippen LogP contribution is -2.24. The summed E-state index contributed by atoms with van der Waals surface area (Å²) < 4.78 is 13.7. The summed E-state index contributed by atoms with van der Waals surface area (Å²) in [5, 5.41) is 31.0. The second-order valence-electron chi connectivity index (χ2n) is 7.35. The minimum Gasteiger partial charge on any atom is -0.394 e. The Morgan fingerprint density at radius 3 is 2.84 bits per heavy atom. The summed E-state index contributed by atoms with van der Waals surface area (Å²) in [6.07, 6.45) is -0.477. The summed E-state index contributed by atoms with van der Waals surface area (Å²) in [6, 6.07) is 4.83. The van der Waals surface area contributed by atoms with Gasteiger partial charge in [0.15, 0.2) is 5.65 Å². The van der Waals surface area contributed by atoms with Crippen molar-refractivity contribution in [3.05, 3.63) is 59.6 Å². The van der Waals surface area contributed by atoms with Crippen LogP contribution in [-0.4, -0.2) is 48.5 Å². The Balaban J connectivity index is 1.63. The number of halogens is 1. The van der Waals surface area contributed by atoms with E-state index in [0.29, 0.717) is 11.1 Å². The molecule has 2 aromatic heterocycles. The van der Waals surface area contributed by atoms with E-state index < -0.39 is 28.9 Å². The van der Waals surface area contributed by atoms with Crippen molar-refractivity contribution in [1.29, 1.82) is 0 Å². The quantitative estimate of drug-likeness (QED) is 0.189. The van der Waals surface area contributed by atoms with Crippen LogP contribution in [0.3, 0.4) is 0 Å². The van der Waals surface area contributed by atoms with E-state index in [1.807, 2.05) is 22.6 Å². The highest BCUT2D eigenvalue weighted by atomic mass is 127. The number of anilines is 1. The zero-order valence-electron chi connectivity index (χ0n) is 16.6. The largest absolute Gasteiger partial charge is 0.394 e. The molecule has 0 amide bonds. The van der Waals surface area contributed by atoms with Crippen molar-refractivity contribution in [2.75, 3.05) is 12.3 Å². The standard InChI is InChI=1S/C19H20IN5O7/c20-11-2-1-9(12(3-11)25(29)30)7-31-8-10-5-24(15-4-13(27)14(6-26)32-15)17-16(10)18(28)23-19(21)22-17/h1-3,5,13-15,26-27H,4,6-8H2,(H3,21,22,23,28)/t13-,14-,15-/m1/s1. The highest BCUT2D eigenvalue weighted by molar-refractivity contribution is 14.1. The second kappa shape index (κ2) is 9.11. The molecule has 0 radical (unpaired) electrons. The number of nitrogens with one attached hydrogen (secondary N) is 1. The zero-order valence-corrected chi connectivity index (χ0v) is 18.8. The summed E-state index contributed by atoms with van der Waals surface area (Å²) in [4.78, 5) is 30.1. The average molecular weight is 557 g/mol. The Labute approximate surface area is 194 Å². The van der Waals surface area contributed by atoms with Crippen molar-refractivity contribution < 1.29 is 24.6 Å². The molecule has 0 bridgehead atoms. The molecule has 12 nitrogen and oxygen atoms in total. The molecule has 1 aliphatic rings. The van der Waals surface area contributed by atoms with Gasteiger partial charge in [0.1, 0.15) is 12.3 Å². The molecule has 3 atom stereocenters. The molecule has 0 aliphatic carbocycles. The van der Waals surface area contributed by atoms with Gasteiger partial charge in [-0.25, -0.2) is 0 Å². The maximum absolute atomic E-state index is 12.6. The SMILES string of the molecule is Nc1nc2c(c(COCc3ccc(I)cc3[N+](=O)[O-])cn2[C@H]2C[C@@H](O)[C@@H](CO)O2)c(=O)[nH]1. The maximum atomic E-state index is 12.6. The molecule has 32 heavy (non-hydrogen) atoms. The van der Waals surface area contributed by atoms with E-state index in [-0.39, 0.29) is 48.9 Å². The van der Waals surface area contributed by atoms with Crippen molar-refractivity contribution in [1.82, 2.24) is 14.5 Å². The summed E-state index contributed by atoms with van der Waals surface area (Å²) in [6.45, 7) is -0.413. The predicted octanol–water partition coefficient (Wildman–Crippen LogP) is 1.18. The first kappa shape index (κ1) is 22.6. The minimum atomic E-state index is -0.872. The van der Waals surface area contributed by atoms with E-state index in [1.165, 1.54) is 6.07 Å². The van der Waals surface area contributed by atoms with Crippen molar-refractivity contribution in [3.63, 3.8) is 0 Å². The molecule has 0 unspecified atom stereocenters. The average Bonchev–Trinajstić information content (AvgIpc) is 3.29. The number of aromatic amines is 1. The number of ether oxygens (including phenoxy) is 2. The van der Waals surface area contributed by atoms with Crippen LogP contribution >= 0.6 is 22.6 Å². The molecule has 5 N–H and O–H groups in total. The normalized spacial score (nSPS) is 20.8. The first-order chi connectivity index (χ1) is 15.3. The van der Waals surface area contributed by atoms with E-state index in [0.717, 1.165) is 3.57 Å². The number of nitro groups is 1. The van der Waals surface area contributed by atoms with E-state index >= 15 is 0 Å². The number of hydrogen-bond donors (Lipinski definition) is 4. The van der Waals surface area contributed by atoms with Gasteiger partial charge in [-0.1, -0.05) is 0 Å². The number of rotatable bonds is 7. The van der Waals surface area contributed by atoms with Gasteiger partial charge in [-0.3, -0.25) is 19.9 Å². The number of aromatic nitrogens is 3. The van der Waals surface area contributed by atoms with Gasteiger partial charge >= 0.3 is 0 Å². The maximum Gasteiger partial charge on any atom is 0.275 e. The molecular formula is C19H20IN5O7. The van der Waals surface area contributed by atoms with Gasteiger partial charge in [0, 0.05) is 27.8 Å². The number of nitrogen functional groups attached to an aromatic ring is 1. The van der Waals surface area contributed by atoms with Crippen molar-refractivity contribution in [2.24, 2.45) is 0 Å². The number of aliphatic hydroxyl groups excluding tert-OH is 2. The van der Waals surface area contributed by atoms with Gasteiger partial charge in [-0.2, -0.15) is 4.98 Å². The first-order valence-corrected chi connectivity index (χ1v) is 10.7. The summed E-state index contributed by atoms with van der Waals surface area (Å²) in [7, 11) is 0. The first-order valence-electron chi connectivity index (χ1n) is 9.62. The Hall–Kier alpha value is -2.59. The van der Waals surface area contributed by atoms with Gasteiger partial charge in [0.05, 0.1) is 41.8 Å². The third kappa shape index (κ3) is 4.33. The smallest absolute Gasteiger partial charge is 0.275 e. The van der Waals surface area contributed by atoms with Gasteiger partial charge < -0.3 is 30.0 Å². The number of nitrogens with two attached hydrogens (primary N) is 1. The molecule has 1 saturated heterocycles. The predicted molar refractivity (Wildman–Crippen MR) is 121 cm³/mol. The summed E-state index contributed by atoms with van der Waals surface area (Å²) in [5.41, 5.74) is 6.33. The number of fused-ring (bicyclic) bond motifs is 1. The van der Waals surface area contributed by atoms with Gasteiger partial charge in [-0.05, 0) is 34.7 Å². The molecular weight excluding hydrogens is 537 g/mol. The molecule has 1 aliphatic heterocycles. The number of nitrogens with zero attached hydrogens (tertiary/aromatic N) is 3. The lowest BCUT2D eigenvalue weighted by Gasteiger charge is -2.14. The molecule has 0 spiro atoms. The van der Waals surface area contributed by atoms with E-state index in [4.69, 9.17) is 15.2 Å². The van der Waals surface area contributed by atoms with Crippen LogP contribution in [0.1, 0.15) is 23.8 Å². The van der Waals surface area contributed by atoms with Crippen LogP contribution in [0, 0.1) is 13.7 Å². The van der Waals surface area contributed by atoms with Crippen molar-refractivity contribution in [3.8, 4) is 0 Å². The molecule has 170 valence electrons. The highest BCUT2D eigenvalue weighted by Crippen LogP contribution is 2.32. The lowest BCUT2D eigenvalue weighted by molar-refractivity contribution is -0.386. The Bertz CT molecular complexity index is 1230. The topological polar surface area (TPSA) is 179 Å². The van der Waals surface area contributed by atoms with Crippen LogP contribution < -0.4 is 11.3 Å². The number of nitro benzene ring substituents is 1. The molecule has 1 aromatic carbocycles. The molecule has 0 saturated carbocycles. The van der Waals surface area contributed by atoms with Crippen LogP contribution in [0.2, 0.25) is 0 Å². The number of aliphatic hydroxyl groups is 2. The Morgan fingerprint density at radius 2 is 2.16 bits per heavy atom. The van der Waals surface area contributed by atoms with Crippen molar-refractivity contribution in [2.45, 2.75) is 38.1 Å². The van der Waals surface area contributed by atoms with Gasteiger partial charge in [0.25, 0.3) is 11.2 Å². The fourth-order valence-corrected chi connectivity index (χ4v) is 4.20. The van der Waals surface area contributed by atoms with Crippen molar-refractivity contribution >= 4 is 45.3 Å². The van der Waals surface area contributed by atoms with E-state index in [1.54, 1.807) is 22.9 Å². The Kier molecular flexibility index (Phi) is 6.43. The Morgan fingerprint density at radius 1 is 1.41 bits per heavy atom. The molecule has 13 heteroatoms. The van der Waals surface area contributed by atoms with Gasteiger partial charge in [-0.15, -0.1) is 0 Å². The monoisotopic (exact) mass is 557 g/mol. The summed E-state index contributed by atoms with van der Waals surface area (Å²) in [5.74, 6) is -0.0823. The second-order valence-corrected chi connectivity index (χ2v) is 8.59. The van der Waals surface area contributed by atoms with Crippen LogP contribution in [-0.2, 0) is 22.7 Å². The van der Waals surface area contributed by atoms with Crippen LogP contribution in [0.4, 0.5) is 11.6 Å². The minimum absolute atomic E-state index is 0.0278. The van der Waals surface area contributed by atoms with Crippen LogP contribution in [0.25, 0.3) is 11.0 Å². The third-order valence-electron chi connectivity index (χ3n) is 5.23. The number of H-pyrrole nitrogens is 1. The fourth-order valence-electron chi connectivity index (χ4n) is 3.73. The highest BCUT2D eigenvalue weighted by Gasteiger charge is 2.35. The third-order valence-corrected chi connectivity index (χ3v) is 5.90. The lowest BCUT2D eigenvalue weighted by atomic mass is 10.2. The van der Waals surface area contributed by atoms with E-state index in [9.17, 15) is 25.1 Å². The molecule has 1 fully saturated rings. The molecule has 4 rings (SSSR count). The molecule has 3 aromatic rings.